The first kappa shape index (κ1) is 19.4. The number of carbonyl (C=O) groups excluding carboxylic acids is 1. The summed E-state index contributed by atoms with van der Waals surface area (Å²) in [5.41, 5.74) is 6.00. The smallest absolute Gasteiger partial charge is 0.263 e. The van der Waals surface area contributed by atoms with Gasteiger partial charge in [0.25, 0.3) is 10.0 Å². The molecule has 1 heterocycles. The SMILES string of the molecule is C[C@@H](CN)NC(=O)CCCN=C1NS(=O)(=O)c2ccccc21.Cl. The van der Waals surface area contributed by atoms with Gasteiger partial charge in [-0.1, -0.05) is 12.1 Å². The van der Waals surface area contributed by atoms with Crippen LogP contribution in [-0.4, -0.2) is 39.3 Å². The number of nitrogens with zero attached hydrogens (tertiary/aromatic N) is 1. The Morgan fingerprint density at radius 1 is 1.39 bits per heavy atom. The van der Waals surface area contributed by atoms with Crippen molar-refractivity contribution in [2.24, 2.45) is 10.7 Å². The Balaban J connectivity index is 0.00000264. The Morgan fingerprint density at radius 3 is 2.78 bits per heavy atom. The van der Waals surface area contributed by atoms with Crippen molar-refractivity contribution >= 4 is 34.2 Å². The average molecular weight is 361 g/mol. The van der Waals surface area contributed by atoms with Crippen LogP contribution in [0, 0.1) is 0 Å². The predicted octanol–water partition coefficient (Wildman–Crippen LogP) is 0.391. The van der Waals surface area contributed by atoms with Gasteiger partial charge in [0.15, 0.2) is 0 Å². The number of nitrogens with one attached hydrogen (secondary N) is 2. The molecule has 1 aromatic rings. The molecule has 0 spiro atoms. The summed E-state index contributed by atoms with van der Waals surface area (Å²) in [6, 6.07) is 6.64. The molecule has 0 radical (unpaired) electrons. The van der Waals surface area contributed by atoms with Crippen LogP contribution < -0.4 is 15.8 Å². The second-order valence-electron chi connectivity index (χ2n) is 5.14. The van der Waals surface area contributed by atoms with Crippen molar-refractivity contribution in [3.63, 3.8) is 0 Å². The average Bonchev–Trinajstić information content (AvgIpc) is 2.75. The molecule has 0 aromatic heterocycles. The lowest BCUT2D eigenvalue weighted by atomic mass is 10.2. The number of halogens is 1. The zero-order valence-corrected chi connectivity index (χ0v) is 14.4. The van der Waals surface area contributed by atoms with E-state index >= 15 is 0 Å². The number of benzene rings is 1. The molecule has 1 amide bonds. The van der Waals surface area contributed by atoms with E-state index in [0.29, 0.717) is 37.3 Å². The highest BCUT2D eigenvalue weighted by molar-refractivity contribution is 7.90. The van der Waals surface area contributed by atoms with Gasteiger partial charge in [0.05, 0.1) is 4.90 Å². The second-order valence-corrected chi connectivity index (χ2v) is 6.79. The highest BCUT2D eigenvalue weighted by atomic mass is 35.5. The van der Waals surface area contributed by atoms with Crippen molar-refractivity contribution in [1.82, 2.24) is 10.0 Å². The van der Waals surface area contributed by atoms with E-state index in [0.717, 1.165) is 0 Å². The number of sulfonamides is 1. The zero-order chi connectivity index (χ0) is 16.2. The molecular weight excluding hydrogens is 340 g/mol. The Bertz CT molecular complexity index is 691. The fourth-order valence-corrected chi connectivity index (χ4v) is 3.34. The van der Waals surface area contributed by atoms with Crippen LogP contribution in [0.5, 0.6) is 0 Å². The fourth-order valence-electron chi connectivity index (χ4n) is 2.09. The van der Waals surface area contributed by atoms with Gasteiger partial charge in [-0.25, -0.2) is 8.42 Å². The van der Waals surface area contributed by atoms with Crippen LogP contribution >= 0.6 is 12.4 Å². The molecule has 1 atom stereocenters. The maximum atomic E-state index is 11.9. The third-order valence-electron chi connectivity index (χ3n) is 3.26. The summed E-state index contributed by atoms with van der Waals surface area (Å²) in [6.07, 6.45) is 0.867. The number of rotatable bonds is 6. The van der Waals surface area contributed by atoms with Gasteiger partial charge in [0, 0.05) is 31.1 Å². The van der Waals surface area contributed by atoms with Gasteiger partial charge in [-0.3, -0.25) is 14.5 Å². The van der Waals surface area contributed by atoms with Gasteiger partial charge in [-0.2, -0.15) is 0 Å². The molecule has 4 N–H and O–H groups in total. The molecule has 0 saturated heterocycles. The van der Waals surface area contributed by atoms with E-state index in [1.807, 2.05) is 6.92 Å². The van der Waals surface area contributed by atoms with Crippen molar-refractivity contribution in [3.8, 4) is 0 Å². The molecule has 1 aliphatic heterocycles. The van der Waals surface area contributed by atoms with Gasteiger partial charge in [-0.15, -0.1) is 12.4 Å². The molecule has 1 aromatic carbocycles. The van der Waals surface area contributed by atoms with Crippen molar-refractivity contribution < 1.29 is 13.2 Å². The predicted molar refractivity (Wildman–Crippen MR) is 91.3 cm³/mol. The van der Waals surface area contributed by atoms with Crippen molar-refractivity contribution in [2.45, 2.75) is 30.7 Å². The van der Waals surface area contributed by atoms with Crippen LogP contribution in [0.15, 0.2) is 34.2 Å². The number of aliphatic imine (C=N–C) groups is 1. The van der Waals surface area contributed by atoms with Gasteiger partial charge >= 0.3 is 0 Å². The molecule has 0 unspecified atom stereocenters. The third kappa shape index (κ3) is 4.92. The van der Waals surface area contributed by atoms with E-state index < -0.39 is 10.0 Å². The first-order chi connectivity index (χ1) is 10.4. The number of carbonyl (C=O) groups is 1. The number of amides is 1. The number of hydrogen-bond donors (Lipinski definition) is 3. The van der Waals surface area contributed by atoms with E-state index in [1.165, 1.54) is 0 Å². The number of amidine groups is 1. The summed E-state index contributed by atoms with van der Waals surface area (Å²) in [6.45, 7) is 2.60. The van der Waals surface area contributed by atoms with Gasteiger partial charge in [-0.05, 0) is 25.5 Å². The molecule has 9 heteroatoms. The Morgan fingerprint density at radius 2 is 2.09 bits per heavy atom. The lowest BCUT2D eigenvalue weighted by Gasteiger charge is -2.10. The lowest BCUT2D eigenvalue weighted by molar-refractivity contribution is -0.121. The van der Waals surface area contributed by atoms with Gasteiger partial charge in [0.2, 0.25) is 5.91 Å². The molecule has 0 saturated carbocycles. The summed E-state index contributed by atoms with van der Waals surface area (Å²) >= 11 is 0. The maximum absolute atomic E-state index is 11.9. The van der Waals surface area contributed by atoms with E-state index in [9.17, 15) is 13.2 Å². The lowest BCUT2D eigenvalue weighted by Crippen LogP contribution is -2.37. The molecule has 0 fully saturated rings. The van der Waals surface area contributed by atoms with E-state index in [2.05, 4.69) is 15.0 Å². The summed E-state index contributed by atoms with van der Waals surface area (Å²) in [7, 11) is -3.50. The van der Waals surface area contributed by atoms with Gasteiger partial charge < -0.3 is 11.1 Å². The van der Waals surface area contributed by atoms with Crippen LogP contribution in [0.4, 0.5) is 0 Å². The fraction of sp³-hybridized carbons (Fsp3) is 0.429. The minimum atomic E-state index is -3.50. The highest BCUT2D eigenvalue weighted by Gasteiger charge is 2.29. The third-order valence-corrected chi connectivity index (χ3v) is 4.65. The van der Waals surface area contributed by atoms with E-state index in [1.54, 1.807) is 24.3 Å². The minimum absolute atomic E-state index is 0. The Hall–Kier alpha value is -1.64. The highest BCUT2D eigenvalue weighted by Crippen LogP contribution is 2.22. The topological polar surface area (TPSA) is 114 Å². The Kier molecular flexibility index (Phi) is 6.99. The molecule has 1 aliphatic rings. The van der Waals surface area contributed by atoms with Gasteiger partial charge in [0.1, 0.15) is 5.84 Å². The largest absolute Gasteiger partial charge is 0.352 e. The molecular formula is C14H21ClN4O3S. The standard InChI is InChI=1S/C14H20N4O3S.ClH/c1-10(9-15)17-13(19)7-4-8-16-14-11-5-2-3-6-12(11)22(20,21)18-14;/h2-3,5-6,10H,4,7-9,15H2,1H3,(H,16,18)(H,17,19);1H/t10-;/m0./s1. The van der Waals surface area contributed by atoms with Crippen LogP contribution in [0.3, 0.4) is 0 Å². The second kappa shape index (κ2) is 8.28. The normalized spacial score (nSPS) is 17.7. The molecule has 0 bridgehead atoms. The van der Waals surface area contributed by atoms with Crippen molar-refractivity contribution in [3.05, 3.63) is 29.8 Å². The summed E-state index contributed by atoms with van der Waals surface area (Å²) in [4.78, 5) is 16.1. The number of fused-ring (bicyclic) bond motifs is 1. The van der Waals surface area contributed by atoms with Crippen LogP contribution in [-0.2, 0) is 14.8 Å². The van der Waals surface area contributed by atoms with Crippen LogP contribution in [0.2, 0.25) is 0 Å². The molecule has 128 valence electrons. The van der Waals surface area contributed by atoms with Crippen LogP contribution in [0.25, 0.3) is 0 Å². The van der Waals surface area contributed by atoms with E-state index in [4.69, 9.17) is 5.73 Å². The summed E-state index contributed by atoms with van der Waals surface area (Å²) in [5.74, 6) is 0.261. The maximum Gasteiger partial charge on any atom is 0.263 e. The molecule has 7 nitrogen and oxygen atoms in total. The van der Waals surface area contributed by atoms with E-state index in [-0.39, 0.29) is 29.3 Å². The quantitative estimate of drug-likeness (QED) is 0.637. The molecule has 0 aliphatic carbocycles. The summed E-state index contributed by atoms with van der Waals surface area (Å²) in [5, 5.41) is 2.76. The first-order valence-corrected chi connectivity index (χ1v) is 8.58. The molecule has 2 rings (SSSR count). The Labute approximate surface area is 142 Å². The van der Waals surface area contributed by atoms with Crippen LogP contribution in [0.1, 0.15) is 25.3 Å². The number of hydrogen-bond acceptors (Lipinski definition) is 5. The summed E-state index contributed by atoms with van der Waals surface area (Å²) < 4.78 is 26.2. The zero-order valence-electron chi connectivity index (χ0n) is 12.8. The first-order valence-electron chi connectivity index (χ1n) is 7.10. The molecule has 23 heavy (non-hydrogen) atoms. The monoisotopic (exact) mass is 360 g/mol. The van der Waals surface area contributed by atoms with Crippen molar-refractivity contribution in [2.75, 3.05) is 13.1 Å². The minimum Gasteiger partial charge on any atom is -0.352 e. The van der Waals surface area contributed by atoms with Crippen molar-refractivity contribution in [1.29, 1.82) is 0 Å². The number of nitrogens with two attached hydrogens (primary N) is 1.